The first-order valence-corrected chi connectivity index (χ1v) is 14.1. The molecule has 1 aliphatic rings. The summed E-state index contributed by atoms with van der Waals surface area (Å²) in [6.45, 7) is 5.44. The molecule has 2 aromatic carbocycles. The largest absolute Gasteiger partial charge is 0.482 e. The number of benzene rings is 2. The van der Waals surface area contributed by atoms with Crippen LogP contribution in [0.2, 0.25) is 0 Å². The van der Waals surface area contributed by atoms with Crippen LogP contribution in [0.4, 0.5) is 4.39 Å². The SMILES string of the molecule is CCCCCCCCc1ccc(C(=O)N2CCN(Cc3cc(=O)c(OCc4cccc(F)c4)co3)CC2)cc1. The molecule has 1 amide bonds. The topological polar surface area (TPSA) is 63.0 Å². The van der Waals surface area contributed by atoms with Crippen molar-refractivity contribution in [1.82, 2.24) is 9.80 Å². The molecule has 208 valence electrons. The molecule has 0 N–H and O–H groups in total. The molecule has 1 fully saturated rings. The van der Waals surface area contributed by atoms with Gasteiger partial charge >= 0.3 is 0 Å². The summed E-state index contributed by atoms with van der Waals surface area (Å²) < 4.78 is 24.5. The molecule has 1 aromatic heterocycles. The summed E-state index contributed by atoms with van der Waals surface area (Å²) in [5, 5.41) is 0. The first kappa shape index (κ1) is 28.6. The lowest BCUT2D eigenvalue weighted by Gasteiger charge is -2.34. The zero-order chi connectivity index (χ0) is 27.5. The molecule has 0 spiro atoms. The van der Waals surface area contributed by atoms with Gasteiger partial charge in [-0.3, -0.25) is 14.5 Å². The molecular weight excluding hydrogens is 495 g/mol. The van der Waals surface area contributed by atoms with Gasteiger partial charge in [0.15, 0.2) is 0 Å². The average molecular weight is 535 g/mol. The fraction of sp³-hybridized carbons (Fsp3) is 0.438. The minimum atomic E-state index is -0.350. The number of piperazine rings is 1. The molecule has 0 unspecified atom stereocenters. The second kappa shape index (κ2) is 14.6. The Kier molecular flexibility index (Phi) is 10.7. The predicted octanol–water partition coefficient (Wildman–Crippen LogP) is 6.22. The van der Waals surface area contributed by atoms with E-state index in [-0.39, 0.29) is 29.5 Å². The number of carbonyl (C=O) groups is 1. The maximum absolute atomic E-state index is 13.3. The van der Waals surface area contributed by atoms with Crippen LogP contribution >= 0.6 is 0 Å². The van der Waals surface area contributed by atoms with Crippen LogP contribution in [0.25, 0.3) is 0 Å². The zero-order valence-electron chi connectivity index (χ0n) is 22.9. The maximum atomic E-state index is 13.3. The molecule has 6 nitrogen and oxygen atoms in total. The van der Waals surface area contributed by atoms with E-state index >= 15 is 0 Å². The van der Waals surface area contributed by atoms with Gasteiger partial charge in [-0.1, -0.05) is 63.3 Å². The van der Waals surface area contributed by atoms with Gasteiger partial charge in [-0.15, -0.1) is 0 Å². The fourth-order valence-electron chi connectivity index (χ4n) is 4.85. The third-order valence-corrected chi connectivity index (χ3v) is 7.19. The third-order valence-electron chi connectivity index (χ3n) is 7.19. The summed E-state index contributed by atoms with van der Waals surface area (Å²) in [5.74, 6) is 0.347. The van der Waals surface area contributed by atoms with Gasteiger partial charge in [-0.2, -0.15) is 0 Å². The lowest BCUT2D eigenvalue weighted by molar-refractivity contribution is 0.0619. The van der Waals surface area contributed by atoms with Crippen LogP contribution in [-0.2, 0) is 19.6 Å². The van der Waals surface area contributed by atoms with Gasteiger partial charge < -0.3 is 14.1 Å². The summed E-state index contributed by atoms with van der Waals surface area (Å²) in [4.78, 5) is 29.5. The molecule has 0 radical (unpaired) electrons. The molecule has 2 heterocycles. The quantitative estimate of drug-likeness (QED) is 0.244. The van der Waals surface area contributed by atoms with E-state index in [1.54, 1.807) is 12.1 Å². The average Bonchev–Trinajstić information content (AvgIpc) is 2.95. The Balaban J connectivity index is 1.20. The zero-order valence-corrected chi connectivity index (χ0v) is 22.9. The molecule has 1 aliphatic heterocycles. The highest BCUT2D eigenvalue weighted by Gasteiger charge is 2.23. The molecule has 0 bridgehead atoms. The summed E-state index contributed by atoms with van der Waals surface area (Å²) in [6, 6.07) is 15.6. The second-order valence-corrected chi connectivity index (χ2v) is 10.3. The smallest absolute Gasteiger partial charge is 0.253 e. The maximum Gasteiger partial charge on any atom is 0.253 e. The highest BCUT2D eigenvalue weighted by Crippen LogP contribution is 2.16. The van der Waals surface area contributed by atoms with Crippen molar-refractivity contribution >= 4 is 5.91 Å². The highest BCUT2D eigenvalue weighted by molar-refractivity contribution is 5.94. The summed E-state index contributed by atoms with van der Waals surface area (Å²) >= 11 is 0. The first-order chi connectivity index (χ1) is 19.0. The molecule has 3 aromatic rings. The predicted molar refractivity (Wildman–Crippen MR) is 150 cm³/mol. The number of rotatable bonds is 13. The van der Waals surface area contributed by atoms with E-state index in [1.165, 1.54) is 68.6 Å². The van der Waals surface area contributed by atoms with E-state index in [4.69, 9.17) is 9.15 Å². The van der Waals surface area contributed by atoms with Crippen molar-refractivity contribution in [1.29, 1.82) is 0 Å². The van der Waals surface area contributed by atoms with Crippen LogP contribution < -0.4 is 10.2 Å². The summed E-state index contributed by atoms with van der Waals surface area (Å²) in [6.07, 6.45) is 10.1. The molecule has 7 heteroatoms. The monoisotopic (exact) mass is 534 g/mol. The van der Waals surface area contributed by atoms with Crippen molar-refractivity contribution in [3.8, 4) is 5.75 Å². The number of nitrogens with zero attached hydrogens (tertiary/aromatic N) is 2. The standard InChI is InChI=1S/C32H39FN2O4/c1-2-3-4-5-6-7-9-25-12-14-27(15-13-25)32(37)35-18-16-34(17-19-35)22-29-21-30(36)31(24-38-29)39-23-26-10-8-11-28(33)20-26/h8,10-15,20-21,24H,2-7,9,16-19,22-23H2,1H3. The summed E-state index contributed by atoms with van der Waals surface area (Å²) in [7, 11) is 0. The van der Waals surface area contributed by atoms with Crippen molar-refractivity contribution < 1.29 is 18.3 Å². The molecule has 4 rings (SSSR count). The molecule has 1 saturated heterocycles. The Morgan fingerprint density at radius 3 is 2.38 bits per heavy atom. The number of amides is 1. The van der Waals surface area contributed by atoms with Gasteiger partial charge in [0.05, 0.1) is 6.54 Å². The number of hydrogen-bond acceptors (Lipinski definition) is 5. The number of unbranched alkanes of at least 4 members (excludes halogenated alkanes) is 5. The molecule has 0 aliphatic carbocycles. The van der Waals surface area contributed by atoms with Crippen LogP contribution in [-0.4, -0.2) is 41.9 Å². The minimum Gasteiger partial charge on any atom is -0.482 e. The van der Waals surface area contributed by atoms with Crippen molar-refractivity contribution in [3.63, 3.8) is 0 Å². The van der Waals surface area contributed by atoms with E-state index in [0.29, 0.717) is 44.0 Å². The van der Waals surface area contributed by atoms with Crippen molar-refractivity contribution in [2.24, 2.45) is 0 Å². The fourth-order valence-corrected chi connectivity index (χ4v) is 4.85. The van der Waals surface area contributed by atoms with Crippen molar-refractivity contribution in [3.05, 3.63) is 99.4 Å². The van der Waals surface area contributed by atoms with E-state index in [9.17, 15) is 14.0 Å². The highest BCUT2D eigenvalue weighted by atomic mass is 19.1. The van der Waals surface area contributed by atoms with Crippen LogP contribution in [0.1, 0.15) is 72.7 Å². The Morgan fingerprint density at radius 2 is 1.67 bits per heavy atom. The van der Waals surface area contributed by atoms with Crippen LogP contribution in [0, 0.1) is 5.82 Å². The normalized spacial score (nSPS) is 13.9. The Labute approximate surface area is 230 Å². The van der Waals surface area contributed by atoms with Gasteiger partial charge in [0.2, 0.25) is 11.2 Å². The van der Waals surface area contributed by atoms with Gasteiger partial charge in [-0.25, -0.2) is 4.39 Å². The van der Waals surface area contributed by atoms with E-state index in [0.717, 1.165) is 12.0 Å². The van der Waals surface area contributed by atoms with Crippen LogP contribution in [0.5, 0.6) is 5.75 Å². The lowest BCUT2D eigenvalue weighted by atomic mass is 10.0. The number of ether oxygens (including phenoxy) is 1. The van der Waals surface area contributed by atoms with E-state index in [2.05, 4.69) is 24.0 Å². The van der Waals surface area contributed by atoms with Crippen molar-refractivity contribution in [2.45, 2.75) is 65.0 Å². The number of halogens is 1. The summed E-state index contributed by atoms with van der Waals surface area (Å²) in [5.41, 5.74) is 2.38. The number of aryl methyl sites for hydroxylation is 1. The second-order valence-electron chi connectivity index (χ2n) is 10.3. The number of hydrogen-bond donors (Lipinski definition) is 0. The van der Waals surface area contributed by atoms with E-state index < -0.39 is 0 Å². The first-order valence-electron chi connectivity index (χ1n) is 14.1. The number of carbonyl (C=O) groups excluding carboxylic acids is 1. The van der Waals surface area contributed by atoms with Crippen LogP contribution in [0.15, 0.2) is 70.1 Å². The lowest BCUT2D eigenvalue weighted by Crippen LogP contribution is -2.48. The molecule has 0 saturated carbocycles. The Morgan fingerprint density at radius 1 is 0.923 bits per heavy atom. The van der Waals surface area contributed by atoms with Gasteiger partial charge in [0.25, 0.3) is 5.91 Å². The Hall–Kier alpha value is -3.45. The molecule has 0 atom stereocenters. The van der Waals surface area contributed by atoms with E-state index in [1.807, 2.05) is 17.0 Å². The van der Waals surface area contributed by atoms with Crippen molar-refractivity contribution in [2.75, 3.05) is 26.2 Å². The van der Waals surface area contributed by atoms with Gasteiger partial charge in [0.1, 0.15) is 24.4 Å². The third kappa shape index (κ3) is 8.79. The molecular formula is C32H39FN2O4. The van der Waals surface area contributed by atoms with Gasteiger partial charge in [-0.05, 0) is 48.2 Å². The Bertz CT molecular complexity index is 1250. The molecule has 39 heavy (non-hydrogen) atoms. The minimum absolute atomic E-state index is 0.0621. The van der Waals surface area contributed by atoms with Crippen LogP contribution in [0.3, 0.4) is 0 Å². The van der Waals surface area contributed by atoms with Gasteiger partial charge in [0, 0.05) is 37.8 Å².